The van der Waals surface area contributed by atoms with Gasteiger partial charge in [-0.2, -0.15) is 0 Å². The van der Waals surface area contributed by atoms with Crippen molar-refractivity contribution in [3.05, 3.63) is 35.9 Å². The summed E-state index contributed by atoms with van der Waals surface area (Å²) in [5.74, 6) is -0.562. The molecule has 0 saturated heterocycles. The van der Waals surface area contributed by atoms with Gasteiger partial charge < -0.3 is 10.2 Å². The minimum atomic E-state index is -0.729. The van der Waals surface area contributed by atoms with E-state index in [0.717, 1.165) is 11.6 Å². The summed E-state index contributed by atoms with van der Waals surface area (Å²) in [7, 11) is 0. The average Bonchev–Trinajstić information content (AvgIpc) is 2.16. The van der Waals surface area contributed by atoms with Gasteiger partial charge in [0.2, 0.25) is 0 Å². The number of carboxylic acid groups (broad SMARTS) is 1. The Kier molecular flexibility index (Phi) is 2.06. The molecular weight excluding hydrogens is 156 g/mol. The molecule has 0 aliphatic rings. The fraction of sp³-hybridized carbons (Fsp3) is 0. The monoisotopic (exact) mass is 165 g/mol. The summed E-state index contributed by atoms with van der Waals surface area (Å²) in [5, 5.41) is 12.6. The van der Waals surface area contributed by atoms with Crippen molar-refractivity contribution in [3.63, 3.8) is 0 Å². The highest BCUT2D eigenvalue weighted by molar-refractivity contribution is 5.85. The van der Waals surface area contributed by atoms with Crippen LogP contribution in [0.2, 0.25) is 0 Å². The van der Waals surface area contributed by atoms with E-state index < -0.39 is 5.97 Å². The van der Waals surface area contributed by atoms with Crippen molar-refractivity contribution in [3.8, 4) is 5.75 Å². The van der Waals surface area contributed by atoms with Crippen molar-refractivity contribution in [2.45, 2.75) is 0 Å². The molecule has 0 saturated carbocycles. The molecular formula is C9H8O3. The van der Waals surface area contributed by atoms with Gasteiger partial charge in [-0.15, -0.1) is 0 Å². The van der Waals surface area contributed by atoms with Gasteiger partial charge >= 0.3 is 5.97 Å². The third-order valence-corrected chi connectivity index (χ3v) is 1.30. The molecule has 3 heteroatoms. The zero-order valence-corrected chi connectivity index (χ0v) is 6.23. The number of carbonyl (C=O) groups is 1. The Balaban J connectivity index is 2.69. The molecule has 0 fully saturated rings. The summed E-state index contributed by atoms with van der Waals surface area (Å²) in [6, 6.07) is 6.30. The topological polar surface area (TPSA) is 57.5 Å². The van der Waals surface area contributed by atoms with Crippen LogP contribution in [0.4, 0.5) is 0 Å². The van der Waals surface area contributed by atoms with Crippen LogP contribution in [0.5, 0.6) is 5.75 Å². The number of phenols is 1. The molecule has 0 aromatic heterocycles. The maximum absolute atomic E-state index is 10.5. The van der Waals surface area contributed by atoms with Crippen LogP contribution in [0.25, 0.3) is 7.51 Å². The van der Waals surface area contributed by atoms with Gasteiger partial charge in [0.15, 0.2) is 0 Å². The molecule has 3 nitrogen and oxygen atoms in total. The number of hydrogen-bond acceptors (Lipinski definition) is 3. The summed E-state index contributed by atoms with van der Waals surface area (Å²) in [5.41, 5.74) is 0.753. The van der Waals surface area contributed by atoms with E-state index in [1.807, 2.05) is 0 Å². The quantitative estimate of drug-likeness (QED) is 0.653. The fourth-order valence-corrected chi connectivity index (χ4v) is 0.750. The van der Waals surface area contributed by atoms with Crippen molar-refractivity contribution in [1.29, 1.82) is 1.43 Å². The predicted octanol–water partition coefficient (Wildman–Crippen LogP) is 1.49. The van der Waals surface area contributed by atoms with Crippen LogP contribution < -0.4 is 0 Å². The first kappa shape index (κ1) is 6.91. The van der Waals surface area contributed by atoms with Crippen molar-refractivity contribution in [1.82, 2.24) is 0 Å². The second-order valence-electron chi connectivity index (χ2n) is 2.24. The summed E-state index contributed by atoms with van der Waals surface area (Å²) >= 11 is 0. The van der Waals surface area contributed by atoms with E-state index in [4.69, 9.17) is 6.54 Å². The molecule has 0 aliphatic carbocycles. The molecule has 0 aliphatic heterocycles. The van der Waals surface area contributed by atoms with Crippen molar-refractivity contribution >= 4 is 12.0 Å². The zero-order chi connectivity index (χ0) is 9.68. The lowest BCUT2D eigenvalue weighted by atomic mass is 10.2. The van der Waals surface area contributed by atoms with Gasteiger partial charge in [0.1, 0.15) is 5.75 Å². The second kappa shape index (κ2) is 3.57. The van der Waals surface area contributed by atoms with Gasteiger partial charge in [-0.1, -0.05) is 12.1 Å². The Bertz CT molecular complexity index is 316. The number of aromatic hydroxyl groups is 1. The molecule has 62 valence electrons. The van der Waals surface area contributed by atoms with Crippen LogP contribution in [0.3, 0.4) is 0 Å². The summed E-state index contributed by atoms with van der Waals surface area (Å²) in [6.07, 6.45) is 2.63. The van der Waals surface area contributed by atoms with E-state index in [2.05, 4.69) is 5.11 Å². The van der Waals surface area contributed by atoms with Crippen molar-refractivity contribution < 1.29 is 15.0 Å². The van der Waals surface area contributed by atoms with Crippen LogP contribution in [0.15, 0.2) is 30.3 Å². The molecule has 0 heterocycles. The molecule has 0 amide bonds. The average molecular weight is 165 g/mol. The third kappa shape index (κ3) is 2.46. The summed E-state index contributed by atoms with van der Waals surface area (Å²) in [4.78, 5) is 10.5. The van der Waals surface area contributed by atoms with Gasteiger partial charge in [-0.05, 0) is 23.8 Å². The number of rotatable bonds is 2. The number of aliphatic carboxylic acids is 1. The zero-order valence-electron chi connectivity index (χ0n) is 7.23. The molecule has 0 radical (unpaired) electrons. The summed E-state index contributed by atoms with van der Waals surface area (Å²) in [6.45, 7) is 0. The number of benzene rings is 1. The Morgan fingerprint density at radius 1 is 1.42 bits per heavy atom. The number of carboxylic acids is 1. The van der Waals surface area contributed by atoms with Crippen molar-refractivity contribution in [2.75, 3.05) is 0 Å². The Morgan fingerprint density at radius 3 is 2.67 bits per heavy atom. The van der Waals surface area contributed by atoms with E-state index in [1.165, 1.54) is 18.2 Å². The molecule has 0 atom stereocenters. The van der Waals surface area contributed by atoms with E-state index in [1.54, 1.807) is 12.1 Å². The van der Waals surface area contributed by atoms with E-state index in [9.17, 15) is 4.79 Å². The Hall–Kier alpha value is -1.77. The Labute approximate surface area is 71.1 Å². The van der Waals surface area contributed by atoms with Crippen LogP contribution in [0, 0.1) is 0 Å². The molecule has 0 unspecified atom stereocenters. The largest absolute Gasteiger partial charge is 0.508 e. The van der Waals surface area contributed by atoms with E-state index >= 15 is 0 Å². The second-order valence-corrected chi connectivity index (χ2v) is 2.24. The lowest BCUT2D eigenvalue weighted by Gasteiger charge is -1.92. The van der Waals surface area contributed by atoms with E-state index in [-0.39, 0.29) is 5.75 Å². The van der Waals surface area contributed by atoms with Gasteiger partial charge in [0.05, 0.1) is 0 Å². The third-order valence-electron chi connectivity index (χ3n) is 1.30. The Morgan fingerprint density at radius 2 is 2.08 bits per heavy atom. The standard InChI is InChI=1S/C9H8O3/c10-8-4-1-7(2-5-8)3-6-9(11)12/h1-6,10H,(H,11,12)/i/hD. The minimum Gasteiger partial charge on any atom is -0.508 e. The fourth-order valence-electron chi connectivity index (χ4n) is 0.750. The molecule has 0 bridgehead atoms. The van der Waals surface area contributed by atoms with Crippen LogP contribution >= 0.6 is 0 Å². The van der Waals surface area contributed by atoms with Crippen LogP contribution in [0.1, 0.15) is 5.56 Å². The van der Waals surface area contributed by atoms with Gasteiger partial charge in [0, 0.05) is 6.08 Å². The van der Waals surface area contributed by atoms with Gasteiger partial charge in [-0.3, -0.25) is 0 Å². The number of hydrogen-bond donors (Lipinski definition) is 2. The maximum Gasteiger partial charge on any atom is 0.328 e. The smallest absolute Gasteiger partial charge is 0.328 e. The first-order chi connectivity index (χ1) is 6.22. The number of phenolic OH excluding ortho intramolecular Hbond substituents is 1. The highest BCUT2D eigenvalue weighted by atomic mass is 16.4. The highest BCUT2D eigenvalue weighted by Gasteiger charge is 1.89. The maximum atomic E-state index is 10.5. The van der Waals surface area contributed by atoms with Gasteiger partial charge in [0.25, 0.3) is 1.43 Å². The SMILES string of the molecule is [2H]OC(=O)C=Cc1ccc(O)cc1. The summed E-state index contributed by atoms with van der Waals surface area (Å²) < 4.78 is 6.27. The molecule has 12 heavy (non-hydrogen) atoms. The van der Waals surface area contributed by atoms with E-state index in [0.29, 0.717) is 0 Å². The normalized spacial score (nSPS) is 11.2. The predicted molar refractivity (Wildman–Crippen MR) is 44.8 cm³/mol. The molecule has 2 N–H and O–H groups in total. The van der Waals surface area contributed by atoms with Gasteiger partial charge in [-0.25, -0.2) is 4.79 Å². The lowest BCUT2D eigenvalue weighted by Crippen LogP contribution is -1.85. The molecule has 1 aromatic rings. The van der Waals surface area contributed by atoms with Crippen molar-refractivity contribution in [2.24, 2.45) is 0 Å². The minimum absolute atomic E-state index is 0.167. The van der Waals surface area contributed by atoms with Crippen LogP contribution in [-0.2, 0) is 4.79 Å². The highest BCUT2D eigenvalue weighted by Crippen LogP contribution is 2.10. The molecule has 1 aromatic carbocycles. The first-order valence-corrected chi connectivity index (χ1v) is 3.36. The lowest BCUT2D eigenvalue weighted by molar-refractivity contribution is -0.131. The molecule has 0 spiro atoms. The van der Waals surface area contributed by atoms with Crippen LogP contribution in [-0.4, -0.2) is 16.2 Å². The molecule has 1 rings (SSSR count). The first-order valence-electron chi connectivity index (χ1n) is 3.77.